The Labute approximate surface area is 189 Å². The number of hydrogen-bond donors (Lipinski definition) is 0. The minimum atomic E-state index is -3.95. The molecule has 0 saturated carbocycles. The van der Waals surface area contributed by atoms with Crippen LogP contribution >= 0.6 is 11.3 Å². The first-order valence-corrected chi connectivity index (χ1v) is 11.6. The summed E-state index contributed by atoms with van der Waals surface area (Å²) in [4.78, 5) is 16.5. The molecule has 0 amide bonds. The Hall–Kier alpha value is -3.02. The number of carbonyl (C=O) groups excluding carboxylic acids is 1. The van der Waals surface area contributed by atoms with Gasteiger partial charge in [0.05, 0.1) is 30.4 Å². The van der Waals surface area contributed by atoms with Crippen LogP contribution in [0.5, 0.6) is 11.5 Å². The van der Waals surface area contributed by atoms with Crippen LogP contribution in [0, 0.1) is 5.82 Å². The summed E-state index contributed by atoms with van der Waals surface area (Å²) >= 11 is 1.34. The normalized spacial score (nSPS) is 11.4. The molecule has 0 bridgehead atoms. The van der Waals surface area contributed by atoms with Crippen molar-refractivity contribution < 1.29 is 31.8 Å². The van der Waals surface area contributed by atoms with Crippen LogP contribution in [0.3, 0.4) is 0 Å². The van der Waals surface area contributed by atoms with Crippen molar-refractivity contribution in [1.29, 1.82) is 0 Å². The van der Waals surface area contributed by atoms with E-state index in [0.717, 1.165) is 34.1 Å². The predicted octanol–water partition coefficient (Wildman–Crippen LogP) is 3.33. The van der Waals surface area contributed by atoms with Gasteiger partial charge in [0.1, 0.15) is 24.0 Å². The van der Waals surface area contributed by atoms with E-state index >= 15 is 0 Å². The molecule has 1 heterocycles. The van der Waals surface area contributed by atoms with E-state index in [1.165, 1.54) is 25.5 Å². The molecular formula is C21H21FN2O6S2. The second-order valence-corrected chi connectivity index (χ2v) is 9.46. The summed E-state index contributed by atoms with van der Waals surface area (Å²) in [5.74, 6) is -0.189. The summed E-state index contributed by atoms with van der Waals surface area (Å²) in [6.45, 7) is -0.619. The van der Waals surface area contributed by atoms with Crippen molar-refractivity contribution in [3.05, 3.63) is 59.4 Å². The van der Waals surface area contributed by atoms with Crippen LogP contribution in [-0.2, 0) is 26.2 Å². The van der Waals surface area contributed by atoms with Gasteiger partial charge in [0, 0.05) is 12.4 Å². The second kappa shape index (κ2) is 10.1. The molecule has 170 valence electrons. The van der Waals surface area contributed by atoms with Crippen molar-refractivity contribution in [2.45, 2.75) is 11.5 Å². The zero-order valence-electron chi connectivity index (χ0n) is 17.6. The van der Waals surface area contributed by atoms with Gasteiger partial charge in [0.25, 0.3) is 0 Å². The highest BCUT2D eigenvalue weighted by Gasteiger charge is 2.24. The van der Waals surface area contributed by atoms with Crippen LogP contribution in [0.15, 0.2) is 52.7 Å². The molecule has 0 aliphatic rings. The minimum Gasteiger partial charge on any atom is -0.493 e. The quantitative estimate of drug-likeness (QED) is 0.434. The lowest BCUT2D eigenvalue weighted by Gasteiger charge is -2.16. The Kier molecular flexibility index (Phi) is 7.44. The lowest BCUT2D eigenvalue weighted by Crippen LogP contribution is -2.33. The fourth-order valence-electron chi connectivity index (χ4n) is 2.81. The van der Waals surface area contributed by atoms with E-state index in [-0.39, 0.29) is 11.5 Å². The molecule has 1 aromatic heterocycles. The summed E-state index contributed by atoms with van der Waals surface area (Å²) in [5.41, 5.74) is 1.24. The molecule has 0 spiro atoms. The number of esters is 1. The Bertz CT molecular complexity index is 1200. The van der Waals surface area contributed by atoms with Crippen molar-refractivity contribution >= 4 is 27.3 Å². The van der Waals surface area contributed by atoms with Gasteiger partial charge in [0.15, 0.2) is 11.5 Å². The van der Waals surface area contributed by atoms with Gasteiger partial charge >= 0.3 is 5.97 Å². The van der Waals surface area contributed by atoms with E-state index in [4.69, 9.17) is 14.2 Å². The van der Waals surface area contributed by atoms with Gasteiger partial charge in [-0.3, -0.25) is 4.79 Å². The summed E-state index contributed by atoms with van der Waals surface area (Å²) in [7, 11) is 0.372. The number of para-hydroxylation sites is 1. The SMILES string of the molecule is COc1cccc(-c2nc(COC(=O)CN(C)S(=O)(=O)c3ccc(F)cc3)cs2)c1OC. The van der Waals surface area contributed by atoms with Gasteiger partial charge in [-0.2, -0.15) is 4.31 Å². The van der Waals surface area contributed by atoms with Crippen molar-refractivity contribution in [1.82, 2.24) is 9.29 Å². The molecule has 8 nitrogen and oxygen atoms in total. The molecule has 0 saturated heterocycles. The second-order valence-electron chi connectivity index (χ2n) is 6.56. The number of nitrogens with zero attached hydrogens (tertiary/aromatic N) is 2. The maximum Gasteiger partial charge on any atom is 0.321 e. The number of methoxy groups -OCH3 is 2. The van der Waals surface area contributed by atoms with Gasteiger partial charge < -0.3 is 14.2 Å². The molecular weight excluding hydrogens is 459 g/mol. The Morgan fingerprint density at radius 1 is 1.12 bits per heavy atom. The monoisotopic (exact) mass is 480 g/mol. The average Bonchev–Trinajstić information content (AvgIpc) is 3.26. The highest BCUT2D eigenvalue weighted by atomic mass is 32.2. The van der Waals surface area contributed by atoms with E-state index in [1.54, 1.807) is 18.6 Å². The number of benzene rings is 2. The topological polar surface area (TPSA) is 95.0 Å². The van der Waals surface area contributed by atoms with Gasteiger partial charge in [-0.15, -0.1) is 11.3 Å². The van der Waals surface area contributed by atoms with E-state index < -0.39 is 28.4 Å². The molecule has 11 heteroatoms. The summed E-state index contributed by atoms with van der Waals surface area (Å²) in [6, 6.07) is 9.77. The lowest BCUT2D eigenvalue weighted by atomic mass is 10.2. The van der Waals surface area contributed by atoms with Crippen molar-refractivity contribution in [2.24, 2.45) is 0 Å². The van der Waals surface area contributed by atoms with Crippen LogP contribution in [-0.4, -0.2) is 51.5 Å². The van der Waals surface area contributed by atoms with E-state index in [1.807, 2.05) is 12.1 Å². The van der Waals surface area contributed by atoms with Gasteiger partial charge in [-0.1, -0.05) is 6.07 Å². The molecule has 0 atom stereocenters. The zero-order valence-corrected chi connectivity index (χ0v) is 19.2. The highest BCUT2D eigenvalue weighted by Crippen LogP contribution is 2.39. The van der Waals surface area contributed by atoms with Gasteiger partial charge in [-0.25, -0.2) is 17.8 Å². The first-order chi connectivity index (χ1) is 15.3. The molecule has 0 unspecified atom stereocenters. The fraction of sp³-hybridized carbons (Fsp3) is 0.238. The first-order valence-electron chi connectivity index (χ1n) is 9.29. The number of carbonyl (C=O) groups is 1. The van der Waals surface area contributed by atoms with Crippen LogP contribution in [0.2, 0.25) is 0 Å². The third-order valence-corrected chi connectivity index (χ3v) is 7.18. The molecule has 0 aliphatic carbocycles. The number of hydrogen-bond acceptors (Lipinski definition) is 8. The largest absolute Gasteiger partial charge is 0.493 e. The van der Waals surface area contributed by atoms with Crippen LogP contribution in [0.25, 0.3) is 10.6 Å². The number of rotatable bonds is 9. The zero-order chi connectivity index (χ0) is 23.3. The molecule has 0 aliphatic heterocycles. The van der Waals surface area contributed by atoms with Gasteiger partial charge in [-0.05, 0) is 36.4 Å². The summed E-state index contributed by atoms with van der Waals surface area (Å²) in [6.07, 6.45) is 0. The van der Waals surface area contributed by atoms with Crippen molar-refractivity contribution in [3.8, 4) is 22.1 Å². The molecule has 0 N–H and O–H groups in total. The number of likely N-dealkylation sites (N-methyl/N-ethyl adjacent to an activating group) is 1. The lowest BCUT2D eigenvalue weighted by molar-refractivity contribution is -0.145. The van der Waals surface area contributed by atoms with Crippen LogP contribution in [0.4, 0.5) is 4.39 Å². The molecule has 0 fully saturated rings. The standard InChI is InChI=1S/C21H21FN2O6S2/c1-24(32(26,27)16-9-7-14(22)8-10-16)11-19(25)30-12-15-13-31-21(23-15)17-5-4-6-18(28-2)20(17)29-3/h4-10,13H,11-12H2,1-3H3. The number of aromatic nitrogens is 1. The van der Waals surface area contributed by atoms with Crippen LogP contribution < -0.4 is 9.47 Å². The average molecular weight is 481 g/mol. The summed E-state index contributed by atoms with van der Waals surface area (Å²) in [5, 5.41) is 2.39. The Morgan fingerprint density at radius 3 is 2.50 bits per heavy atom. The summed E-state index contributed by atoms with van der Waals surface area (Å²) < 4.78 is 54.8. The first kappa shape index (κ1) is 23.6. The van der Waals surface area contributed by atoms with Crippen molar-refractivity contribution in [2.75, 3.05) is 27.8 Å². The van der Waals surface area contributed by atoms with Crippen LogP contribution in [0.1, 0.15) is 5.69 Å². The Balaban J connectivity index is 1.63. The third kappa shape index (κ3) is 5.23. The molecule has 32 heavy (non-hydrogen) atoms. The number of ether oxygens (including phenoxy) is 3. The number of halogens is 1. The Morgan fingerprint density at radius 2 is 1.84 bits per heavy atom. The number of sulfonamides is 1. The molecule has 2 aromatic carbocycles. The maximum atomic E-state index is 13.0. The molecule has 3 rings (SSSR count). The van der Waals surface area contributed by atoms with Gasteiger partial charge in [0.2, 0.25) is 10.0 Å². The van der Waals surface area contributed by atoms with Crippen molar-refractivity contribution in [3.63, 3.8) is 0 Å². The molecule has 3 aromatic rings. The predicted molar refractivity (Wildman–Crippen MR) is 117 cm³/mol. The van der Waals surface area contributed by atoms with E-state index in [2.05, 4.69) is 4.98 Å². The smallest absolute Gasteiger partial charge is 0.321 e. The third-order valence-electron chi connectivity index (χ3n) is 4.44. The fourth-order valence-corrected chi connectivity index (χ4v) is 4.75. The minimum absolute atomic E-state index is 0.119. The highest BCUT2D eigenvalue weighted by molar-refractivity contribution is 7.89. The maximum absolute atomic E-state index is 13.0. The van der Waals surface area contributed by atoms with E-state index in [0.29, 0.717) is 22.2 Å². The number of thiazole rings is 1. The molecule has 0 radical (unpaired) electrons. The van der Waals surface area contributed by atoms with E-state index in [9.17, 15) is 17.6 Å².